The number of alkyl halides is 3. The highest BCUT2D eigenvalue weighted by molar-refractivity contribution is 6.30. The second-order valence-electron chi connectivity index (χ2n) is 5.09. The topological polar surface area (TPSA) is 32.7 Å². The van der Waals surface area contributed by atoms with Gasteiger partial charge in [0.25, 0.3) is 0 Å². The van der Waals surface area contributed by atoms with E-state index in [1.165, 1.54) is 6.92 Å². The van der Waals surface area contributed by atoms with E-state index in [0.717, 1.165) is 4.90 Å². The number of carbonyl (C=O) groups is 1. The number of nitrogens with zero attached hydrogens (tertiary/aromatic N) is 2. The summed E-state index contributed by atoms with van der Waals surface area (Å²) in [6.45, 7) is 4.34. The lowest BCUT2D eigenvalue weighted by Gasteiger charge is -2.24. The van der Waals surface area contributed by atoms with Gasteiger partial charge in [0.15, 0.2) is 0 Å². The predicted octanol–water partition coefficient (Wildman–Crippen LogP) is 4.30. The van der Waals surface area contributed by atoms with Crippen molar-refractivity contribution in [1.29, 1.82) is 0 Å². The molecule has 1 aromatic carbocycles. The van der Waals surface area contributed by atoms with Crippen LogP contribution < -0.4 is 0 Å². The molecule has 0 atom stereocenters. The Hall–Kier alpha value is -1.56. The van der Waals surface area contributed by atoms with Crippen molar-refractivity contribution in [2.45, 2.75) is 39.4 Å². The van der Waals surface area contributed by atoms with Gasteiger partial charge >= 0.3 is 6.18 Å². The molecule has 0 aliphatic carbocycles. The Morgan fingerprint density at radius 1 is 1.27 bits per heavy atom. The molecule has 7 heteroatoms. The molecular formula is C15H18ClF3N2O. The smallest absolute Gasteiger partial charge is 0.297 e. The van der Waals surface area contributed by atoms with Gasteiger partial charge < -0.3 is 0 Å². The van der Waals surface area contributed by atoms with Crippen LogP contribution in [0.5, 0.6) is 0 Å². The Morgan fingerprint density at radius 3 is 2.23 bits per heavy atom. The van der Waals surface area contributed by atoms with Gasteiger partial charge in [0.1, 0.15) is 5.84 Å². The molecule has 0 bridgehead atoms. The third-order valence-electron chi connectivity index (χ3n) is 2.74. The maximum atomic E-state index is 12.5. The first kappa shape index (κ1) is 18.5. The molecule has 0 aromatic heterocycles. The van der Waals surface area contributed by atoms with Gasteiger partial charge in [-0.2, -0.15) is 13.2 Å². The van der Waals surface area contributed by atoms with Crippen molar-refractivity contribution in [3.8, 4) is 0 Å². The summed E-state index contributed by atoms with van der Waals surface area (Å²) in [5.41, 5.74) is 0.551. The monoisotopic (exact) mass is 334 g/mol. The highest BCUT2D eigenvalue weighted by Crippen LogP contribution is 2.21. The molecule has 0 heterocycles. The maximum Gasteiger partial charge on any atom is 0.390 e. The van der Waals surface area contributed by atoms with E-state index in [1.807, 2.05) is 0 Å². The van der Waals surface area contributed by atoms with Crippen molar-refractivity contribution in [1.82, 2.24) is 4.90 Å². The summed E-state index contributed by atoms with van der Waals surface area (Å²) >= 11 is 5.82. The van der Waals surface area contributed by atoms with Crippen LogP contribution >= 0.6 is 11.6 Å². The summed E-state index contributed by atoms with van der Waals surface area (Å²) in [5.74, 6) is -0.262. The molecule has 0 fully saturated rings. The van der Waals surface area contributed by atoms with Gasteiger partial charge in [-0.1, -0.05) is 11.6 Å². The van der Waals surface area contributed by atoms with Crippen LogP contribution in [0.2, 0.25) is 5.02 Å². The van der Waals surface area contributed by atoms with Crippen LogP contribution in [0.3, 0.4) is 0 Å². The van der Waals surface area contributed by atoms with Crippen molar-refractivity contribution in [2.24, 2.45) is 4.99 Å². The molecule has 0 spiro atoms. The number of hydrogen-bond donors (Lipinski definition) is 0. The molecule has 0 N–H and O–H groups in total. The zero-order valence-electron chi connectivity index (χ0n) is 12.6. The molecule has 0 saturated carbocycles. The van der Waals surface area contributed by atoms with E-state index in [-0.39, 0.29) is 11.9 Å². The molecule has 0 saturated heterocycles. The third kappa shape index (κ3) is 6.05. The van der Waals surface area contributed by atoms with Crippen molar-refractivity contribution >= 4 is 23.3 Å². The number of benzene rings is 1. The number of rotatable bonds is 4. The molecule has 22 heavy (non-hydrogen) atoms. The van der Waals surface area contributed by atoms with Gasteiger partial charge in [0, 0.05) is 30.1 Å². The quantitative estimate of drug-likeness (QED) is 0.597. The molecule has 3 nitrogen and oxygen atoms in total. The first-order valence-electron chi connectivity index (χ1n) is 6.78. The molecular weight excluding hydrogens is 317 g/mol. The van der Waals surface area contributed by atoms with E-state index in [9.17, 15) is 18.0 Å². The van der Waals surface area contributed by atoms with Crippen LogP contribution in [0, 0.1) is 0 Å². The molecule has 0 aliphatic rings. The zero-order chi connectivity index (χ0) is 16.9. The lowest BCUT2D eigenvalue weighted by Crippen LogP contribution is -2.39. The van der Waals surface area contributed by atoms with Crippen molar-refractivity contribution in [3.63, 3.8) is 0 Å². The number of amidine groups is 1. The highest BCUT2D eigenvalue weighted by atomic mass is 35.5. The summed E-state index contributed by atoms with van der Waals surface area (Å²) in [7, 11) is 0. The standard InChI is InChI=1S/C15H18ClF3N2O/c1-10(2)20-14(12-4-6-13(16)7-5-12)21(11(3)22)9-8-15(17,18)19/h4-7,10H,8-9H2,1-3H3/b20-14-. The fraction of sp³-hybridized carbons (Fsp3) is 0.467. The summed E-state index contributed by atoms with van der Waals surface area (Å²) in [6, 6.07) is 6.31. The SMILES string of the molecule is CC(=O)N(CCC(F)(F)F)/C(=N\C(C)C)c1ccc(Cl)cc1. The molecule has 0 radical (unpaired) electrons. The number of halogens is 4. The maximum absolute atomic E-state index is 12.5. The van der Waals surface area contributed by atoms with Crippen molar-refractivity contribution in [2.75, 3.05) is 6.54 Å². The van der Waals surface area contributed by atoms with Crippen LogP contribution in [0.15, 0.2) is 29.3 Å². The molecule has 0 unspecified atom stereocenters. The number of aliphatic imine (C=N–C) groups is 1. The summed E-state index contributed by atoms with van der Waals surface area (Å²) in [6.07, 6.45) is -5.42. The zero-order valence-corrected chi connectivity index (χ0v) is 13.4. The number of carbonyl (C=O) groups excluding carboxylic acids is 1. The normalized spacial score (nSPS) is 12.6. The molecule has 1 aromatic rings. The van der Waals surface area contributed by atoms with Gasteiger partial charge in [0.05, 0.1) is 6.42 Å². The van der Waals surface area contributed by atoms with Gasteiger partial charge in [0.2, 0.25) is 5.91 Å². The molecule has 122 valence electrons. The largest absolute Gasteiger partial charge is 0.390 e. The lowest BCUT2D eigenvalue weighted by atomic mass is 10.1. The van der Waals surface area contributed by atoms with Gasteiger partial charge in [-0.05, 0) is 38.1 Å². The van der Waals surface area contributed by atoms with Crippen LogP contribution in [-0.4, -0.2) is 35.4 Å². The van der Waals surface area contributed by atoms with E-state index in [1.54, 1.807) is 38.1 Å². The van der Waals surface area contributed by atoms with E-state index in [4.69, 9.17) is 11.6 Å². The minimum absolute atomic E-state index is 0.168. The summed E-state index contributed by atoms with van der Waals surface area (Å²) in [4.78, 5) is 17.1. The number of amides is 1. The fourth-order valence-electron chi connectivity index (χ4n) is 1.79. The highest BCUT2D eigenvalue weighted by Gasteiger charge is 2.30. The van der Waals surface area contributed by atoms with Crippen LogP contribution in [-0.2, 0) is 4.79 Å². The predicted molar refractivity (Wildman–Crippen MR) is 81.2 cm³/mol. The second-order valence-corrected chi connectivity index (χ2v) is 5.53. The van der Waals surface area contributed by atoms with Gasteiger partial charge in [-0.25, -0.2) is 0 Å². The summed E-state index contributed by atoms with van der Waals surface area (Å²) in [5, 5.41) is 0.498. The van der Waals surface area contributed by atoms with E-state index >= 15 is 0 Å². The minimum atomic E-state index is -4.34. The lowest BCUT2D eigenvalue weighted by molar-refractivity contribution is -0.140. The molecule has 1 rings (SSSR count). The van der Waals surface area contributed by atoms with Gasteiger partial charge in [-0.3, -0.25) is 14.7 Å². The first-order valence-corrected chi connectivity index (χ1v) is 7.16. The van der Waals surface area contributed by atoms with Crippen molar-refractivity contribution < 1.29 is 18.0 Å². The second kappa shape index (κ2) is 7.63. The van der Waals surface area contributed by atoms with Gasteiger partial charge in [-0.15, -0.1) is 0 Å². The van der Waals surface area contributed by atoms with E-state index in [0.29, 0.717) is 10.6 Å². The third-order valence-corrected chi connectivity index (χ3v) is 2.99. The Morgan fingerprint density at radius 2 is 1.82 bits per heavy atom. The Bertz CT molecular complexity index is 539. The van der Waals surface area contributed by atoms with Crippen LogP contribution in [0.25, 0.3) is 0 Å². The van der Waals surface area contributed by atoms with E-state index in [2.05, 4.69) is 4.99 Å². The Labute approximate surface area is 132 Å². The van der Waals surface area contributed by atoms with Crippen LogP contribution in [0.1, 0.15) is 32.8 Å². The van der Waals surface area contributed by atoms with E-state index < -0.39 is 25.0 Å². The summed E-state index contributed by atoms with van der Waals surface area (Å²) < 4.78 is 37.4. The average molecular weight is 335 g/mol. The Balaban J connectivity index is 3.16. The minimum Gasteiger partial charge on any atom is -0.297 e. The number of hydrogen-bond acceptors (Lipinski definition) is 2. The molecule has 1 amide bonds. The van der Waals surface area contributed by atoms with Crippen molar-refractivity contribution in [3.05, 3.63) is 34.9 Å². The first-order chi connectivity index (χ1) is 10.1. The van der Waals surface area contributed by atoms with Crippen LogP contribution in [0.4, 0.5) is 13.2 Å². The molecule has 0 aliphatic heterocycles. The average Bonchev–Trinajstić information content (AvgIpc) is 2.36. The Kier molecular flexibility index (Phi) is 6.41. The fourth-order valence-corrected chi connectivity index (χ4v) is 1.92.